The topological polar surface area (TPSA) is 93.8 Å². The van der Waals surface area contributed by atoms with E-state index in [-0.39, 0.29) is 5.82 Å². The third kappa shape index (κ3) is 3.93. The quantitative estimate of drug-likeness (QED) is 0.502. The first-order valence-corrected chi connectivity index (χ1v) is 9.89. The Hall–Kier alpha value is -3.39. The van der Waals surface area contributed by atoms with Gasteiger partial charge in [-0.25, -0.2) is 14.4 Å². The summed E-state index contributed by atoms with van der Waals surface area (Å²) in [6.07, 6.45) is 1.72. The van der Waals surface area contributed by atoms with Crippen molar-refractivity contribution >= 4 is 33.3 Å². The fraction of sp³-hybridized carbons (Fsp3) is 0.143. The summed E-state index contributed by atoms with van der Waals surface area (Å²) in [7, 11) is 0. The lowest BCUT2D eigenvalue weighted by atomic mass is 10.1. The molecule has 0 radical (unpaired) electrons. The summed E-state index contributed by atoms with van der Waals surface area (Å²) in [5.41, 5.74) is 8.06. The van der Waals surface area contributed by atoms with Crippen LogP contribution in [-0.2, 0) is 11.3 Å². The lowest BCUT2D eigenvalue weighted by Gasteiger charge is -2.12. The Labute approximate surface area is 170 Å². The molecule has 3 N–H and O–H groups in total. The van der Waals surface area contributed by atoms with Crippen molar-refractivity contribution in [2.75, 3.05) is 5.32 Å². The largest absolute Gasteiger partial charge is 0.369 e. The third-order valence-corrected chi connectivity index (χ3v) is 5.46. The van der Waals surface area contributed by atoms with Crippen molar-refractivity contribution in [3.05, 3.63) is 71.4 Å². The van der Waals surface area contributed by atoms with Gasteiger partial charge < -0.3 is 11.1 Å². The SMILES string of the molecule is CC(C(N)=O)c1nc(NCc2ccccn2)c2c(-c3ccc(F)cc3)csc2n1. The average Bonchev–Trinajstić information content (AvgIpc) is 3.17. The molecule has 1 aromatic carbocycles. The van der Waals surface area contributed by atoms with Gasteiger partial charge in [0.2, 0.25) is 5.91 Å². The van der Waals surface area contributed by atoms with Gasteiger partial charge in [-0.15, -0.1) is 11.3 Å². The second kappa shape index (κ2) is 7.92. The summed E-state index contributed by atoms with van der Waals surface area (Å²) in [6, 6.07) is 12.0. The van der Waals surface area contributed by atoms with Gasteiger partial charge in [0.15, 0.2) is 0 Å². The van der Waals surface area contributed by atoms with Crippen LogP contribution in [0.25, 0.3) is 21.3 Å². The molecule has 6 nitrogen and oxygen atoms in total. The van der Waals surface area contributed by atoms with Crippen LogP contribution in [0.15, 0.2) is 54.0 Å². The van der Waals surface area contributed by atoms with Crippen molar-refractivity contribution in [1.29, 1.82) is 0 Å². The predicted molar refractivity (Wildman–Crippen MR) is 112 cm³/mol. The zero-order valence-electron chi connectivity index (χ0n) is 15.6. The lowest BCUT2D eigenvalue weighted by molar-refractivity contribution is -0.119. The maximum absolute atomic E-state index is 13.4. The normalized spacial score (nSPS) is 12.1. The molecule has 3 aromatic heterocycles. The Balaban J connectivity index is 1.82. The lowest BCUT2D eigenvalue weighted by Crippen LogP contribution is -2.21. The number of carbonyl (C=O) groups is 1. The molecule has 0 aliphatic heterocycles. The van der Waals surface area contributed by atoms with Crippen molar-refractivity contribution in [2.45, 2.75) is 19.4 Å². The molecule has 3 heterocycles. The predicted octanol–water partition coefficient (Wildman–Crippen LogP) is 4.09. The van der Waals surface area contributed by atoms with Crippen LogP contribution in [0.1, 0.15) is 24.4 Å². The Morgan fingerprint density at radius 2 is 2.00 bits per heavy atom. The van der Waals surface area contributed by atoms with Crippen LogP contribution >= 0.6 is 11.3 Å². The van der Waals surface area contributed by atoms with Crippen molar-refractivity contribution in [3.8, 4) is 11.1 Å². The van der Waals surface area contributed by atoms with E-state index in [1.807, 2.05) is 23.6 Å². The first-order chi connectivity index (χ1) is 14.0. The highest BCUT2D eigenvalue weighted by molar-refractivity contribution is 7.17. The van der Waals surface area contributed by atoms with Crippen LogP contribution in [0.5, 0.6) is 0 Å². The van der Waals surface area contributed by atoms with Crippen molar-refractivity contribution in [3.63, 3.8) is 0 Å². The van der Waals surface area contributed by atoms with Gasteiger partial charge in [-0.05, 0) is 36.8 Å². The number of benzene rings is 1. The standard InChI is InChI=1S/C21H18FN5OS/c1-12(18(23)28)19-26-20(25-10-15-4-2-3-9-24-15)17-16(11-29-21(17)27-19)13-5-7-14(22)8-6-13/h2-9,11-12H,10H2,1H3,(H2,23,28)(H,25,26,27). The molecule has 29 heavy (non-hydrogen) atoms. The van der Waals surface area contributed by atoms with Crippen LogP contribution < -0.4 is 11.1 Å². The van der Waals surface area contributed by atoms with Gasteiger partial charge in [0, 0.05) is 17.1 Å². The minimum absolute atomic E-state index is 0.296. The van der Waals surface area contributed by atoms with Gasteiger partial charge in [-0.2, -0.15) is 0 Å². The average molecular weight is 407 g/mol. The Bertz CT molecular complexity index is 1160. The van der Waals surface area contributed by atoms with Gasteiger partial charge in [-0.1, -0.05) is 18.2 Å². The van der Waals surface area contributed by atoms with Crippen LogP contribution in [0.4, 0.5) is 10.2 Å². The molecule has 0 aliphatic rings. The maximum atomic E-state index is 13.4. The number of aromatic nitrogens is 3. The number of nitrogens with two attached hydrogens (primary N) is 1. The van der Waals surface area contributed by atoms with Gasteiger partial charge in [-0.3, -0.25) is 9.78 Å². The first kappa shape index (κ1) is 18.9. The van der Waals surface area contributed by atoms with Gasteiger partial charge >= 0.3 is 0 Å². The number of nitrogens with zero attached hydrogens (tertiary/aromatic N) is 3. The Morgan fingerprint density at radius 3 is 2.69 bits per heavy atom. The van der Waals surface area contributed by atoms with Gasteiger partial charge in [0.25, 0.3) is 0 Å². The number of halogens is 1. The van der Waals surface area contributed by atoms with Gasteiger partial charge in [0.1, 0.15) is 22.3 Å². The summed E-state index contributed by atoms with van der Waals surface area (Å²) in [4.78, 5) is 25.9. The van der Waals surface area contributed by atoms with Crippen molar-refractivity contribution < 1.29 is 9.18 Å². The molecule has 4 rings (SSSR count). The van der Waals surface area contributed by atoms with Crippen molar-refractivity contribution in [2.24, 2.45) is 5.73 Å². The van der Waals surface area contributed by atoms with E-state index in [4.69, 9.17) is 5.73 Å². The molecule has 1 atom stereocenters. The number of amides is 1. The molecule has 0 saturated heterocycles. The summed E-state index contributed by atoms with van der Waals surface area (Å²) < 4.78 is 13.4. The fourth-order valence-electron chi connectivity index (χ4n) is 2.93. The second-order valence-electron chi connectivity index (χ2n) is 6.57. The minimum Gasteiger partial charge on any atom is -0.369 e. The molecule has 8 heteroatoms. The number of thiophene rings is 1. The summed E-state index contributed by atoms with van der Waals surface area (Å²) >= 11 is 1.44. The van der Waals surface area contributed by atoms with E-state index in [1.165, 1.54) is 23.5 Å². The highest BCUT2D eigenvalue weighted by Crippen LogP contribution is 2.37. The molecule has 1 unspecified atom stereocenters. The maximum Gasteiger partial charge on any atom is 0.227 e. The van der Waals surface area contributed by atoms with Crippen LogP contribution in [0.2, 0.25) is 0 Å². The molecule has 0 fully saturated rings. The Morgan fingerprint density at radius 1 is 1.21 bits per heavy atom. The van der Waals surface area contributed by atoms with E-state index in [2.05, 4.69) is 20.3 Å². The van der Waals surface area contributed by atoms with Crippen molar-refractivity contribution in [1.82, 2.24) is 15.0 Å². The number of rotatable bonds is 6. The fourth-order valence-corrected chi connectivity index (χ4v) is 3.88. The van der Waals surface area contributed by atoms with E-state index in [0.29, 0.717) is 18.2 Å². The number of anilines is 1. The molecule has 146 valence electrons. The molecule has 1 amide bonds. The number of hydrogen-bond acceptors (Lipinski definition) is 6. The van der Waals surface area contributed by atoms with Crippen LogP contribution in [-0.4, -0.2) is 20.9 Å². The second-order valence-corrected chi connectivity index (χ2v) is 7.42. The van der Waals surface area contributed by atoms with E-state index in [0.717, 1.165) is 27.0 Å². The van der Waals surface area contributed by atoms with Crippen LogP contribution in [0, 0.1) is 5.82 Å². The molecular weight excluding hydrogens is 389 g/mol. The highest BCUT2D eigenvalue weighted by Gasteiger charge is 2.21. The zero-order valence-corrected chi connectivity index (χ0v) is 16.4. The number of hydrogen-bond donors (Lipinski definition) is 2. The van der Waals surface area contributed by atoms with E-state index in [9.17, 15) is 9.18 Å². The Kier molecular flexibility index (Phi) is 5.18. The number of carbonyl (C=O) groups excluding carboxylic acids is 1. The molecule has 4 aromatic rings. The monoisotopic (exact) mass is 407 g/mol. The van der Waals surface area contributed by atoms with Gasteiger partial charge in [0.05, 0.1) is 23.5 Å². The van der Waals surface area contributed by atoms with Crippen LogP contribution in [0.3, 0.4) is 0 Å². The van der Waals surface area contributed by atoms with E-state index in [1.54, 1.807) is 25.3 Å². The number of fused-ring (bicyclic) bond motifs is 1. The molecular formula is C21H18FN5OS. The minimum atomic E-state index is -0.619. The number of nitrogens with one attached hydrogen (secondary N) is 1. The van der Waals surface area contributed by atoms with E-state index >= 15 is 0 Å². The molecule has 0 aliphatic carbocycles. The summed E-state index contributed by atoms with van der Waals surface area (Å²) in [6.45, 7) is 2.14. The van der Waals surface area contributed by atoms with E-state index < -0.39 is 11.8 Å². The molecule has 0 spiro atoms. The number of pyridine rings is 1. The number of primary amides is 1. The molecule has 0 saturated carbocycles. The first-order valence-electron chi connectivity index (χ1n) is 9.01. The smallest absolute Gasteiger partial charge is 0.227 e. The summed E-state index contributed by atoms with van der Waals surface area (Å²) in [5.74, 6) is -0.456. The molecule has 0 bridgehead atoms. The summed E-state index contributed by atoms with van der Waals surface area (Å²) in [5, 5.41) is 6.09. The third-order valence-electron chi connectivity index (χ3n) is 4.58. The zero-order chi connectivity index (χ0) is 20.4. The highest BCUT2D eigenvalue weighted by atomic mass is 32.1.